The lowest BCUT2D eigenvalue weighted by Crippen LogP contribution is -2.12. The number of halogens is 2. The second-order valence-electron chi connectivity index (χ2n) is 3.47. The van der Waals surface area contributed by atoms with Crippen LogP contribution in [0, 0.1) is 0 Å². The van der Waals surface area contributed by atoms with Crippen molar-refractivity contribution >= 4 is 34.9 Å². The van der Waals surface area contributed by atoms with Crippen molar-refractivity contribution in [1.82, 2.24) is 4.98 Å². The minimum atomic E-state index is -0.487. The van der Waals surface area contributed by atoms with Gasteiger partial charge in [-0.25, -0.2) is 4.98 Å². The number of rotatable bonds is 2. The van der Waals surface area contributed by atoms with Crippen molar-refractivity contribution in [3.05, 3.63) is 52.1 Å². The second kappa shape index (κ2) is 5.25. The number of anilines is 1. The zero-order valence-electron chi connectivity index (χ0n) is 9.02. The maximum absolute atomic E-state index is 11.9. The smallest absolute Gasteiger partial charge is 0.260 e. The Hall–Kier alpha value is -1.78. The molecule has 2 rings (SSSR count). The van der Waals surface area contributed by atoms with Crippen LogP contribution < -0.4 is 5.32 Å². The summed E-state index contributed by atoms with van der Waals surface area (Å²) in [6.45, 7) is 0. The van der Waals surface area contributed by atoms with Gasteiger partial charge in [-0.1, -0.05) is 23.2 Å². The monoisotopic (exact) mass is 282 g/mol. The maximum Gasteiger partial charge on any atom is 0.260 e. The summed E-state index contributed by atoms with van der Waals surface area (Å²) in [7, 11) is 0. The summed E-state index contributed by atoms with van der Waals surface area (Å²) >= 11 is 11.4. The number of amides is 1. The number of nitrogens with zero attached hydrogens (tertiary/aromatic N) is 1. The number of pyridine rings is 1. The molecule has 0 aliphatic carbocycles. The first-order valence-electron chi connectivity index (χ1n) is 4.97. The standard InChI is InChI=1S/C12H8Cl2N2O2/c13-7-1-2-9(10(17)5-7)12(18)16-11-6-8(14)3-4-15-11/h1-6,17H,(H,15,16,18). The Kier molecular flexibility index (Phi) is 3.69. The van der Waals surface area contributed by atoms with E-state index in [0.29, 0.717) is 15.9 Å². The van der Waals surface area contributed by atoms with Gasteiger partial charge in [0.25, 0.3) is 5.91 Å². The Morgan fingerprint density at radius 2 is 1.89 bits per heavy atom. The van der Waals surface area contributed by atoms with E-state index < -0.39 is 5.91 Å². The number of hydrogen-bond donors (Lipinski definition) is 2. The van der Waals surface area contributed by atoms with Gasteiger partial charge < -0.3 is 10.4 Å². The fraction of sp³-hybridized carbons (Fsp3) is 0. The Labute approximate surface area is 113 Å². The van der Waals surface area contributed by atoms with Crippen molar-refractivity contribution < 1.29 is 9.90 Å². The molecule has 2 aromatic rings. The molecule has 1 heterocycles. The summed E-state index contributed by atoms with van der Waals surface area (Å²) in [5.41, 5.74) is 0.112. The molecule has 1 aromatic heterocycles. The van der Waals surface area contributed by atoms with E-state index >= 15 is 0 Å². The van der Waals surface area contributed by atoms with Gasteiger partial charge in [-0.2, -0.15) is 0 Å². The molecule has 1 amide bonds. The number of phenols is 1. The fourth-order valence-corrected chi connectivity index (χ4v) is 1.68. The molecule has 0 unspecified atom stereocenters. The van der Waals surface area contributed by atoms with Crippen LogP contribution in [-0.4, -0.2) is 16.0 Å². The Balaban J connectivity index is 2.22. The SMILES string of the molecule is O=C(Nc1cc(Cl)ccn1)c1ccc(Cl)cc1O. The predicted octanol–water partition coefficient (Wildman–Crippen LogP) is 3.35. The van der Waals surface area contributed by atoms with Crippen LogP contribution in [0.5, 0.6) is 5.75 Å². The number of phenolic OH excluding ortho intramolecular Hbond substituents is 1. The van der Waals surface area contributed by atoms with Crippen LogP contribution in [0.25, 0.3) is 0 Å². The van der Waals surface area contributed by atoms with E-state index in [2.05, 4.69) is 10.3 Å². The van der Waals surface area contributed by atoms with E-state index in [-0.39, 0.29) is 11.3 Å². The van der Waals surface area contributed by atoms with Crippen molar-refractivity contribution in [2.24, 2.45) is 0 Å². The molecule has 0 bridgehead atoms. The lowest BCUT2D eigenvalue weighted by molar-refractivity contribution is 0.102. The van der Waals surface area contributed by atoms with Gasteiger partial charge >= 0.3 is 0 Å². The molecule has 0 saturated heterocycles. The summed E-state index contributed by atoms with van der Waals surface area (Å²) in [6, 6.07) is 7.34. The molecule has 0 fully saturated rings. The van der Waals surface area contributed by atoms with Crippen molar-refractivity contribution in [3.63, 3.8) is 0 Å². The van der Waals surface area contributed by atoms with Crippen molar-refractivity contribution in [1.29, 1.82) is 0 Å². The number of aromatic hydroxyl groups is 1. The molecule has 2 N–H and O–H groups in total. The summed E-state index contributed by atoms with van der Waals surface area (Å²) < 4.78 is 0. The molecule has 92 valence electrons. The number of nitrogens with one attached hydrogen (secondary N) is 1. The maximum atomic E-state index is 11.9. The highest BCUT2D eigenvalue weighted by atomic mass is 35.5. The highest BCUT2D eigenvalue weighted by molar-refractivity contribution is 6.31. The van der Waals surface area contributed by atoms with Crippen LogP contribution in [0.15, 0.2) is 36.5 Å². The average Bonchev–Trinajstić information content (AvgIpc) is 2.28. The van der Waals surface area contributed by atoms with Gasteiger partial charge in [0.2, 0.25) is 0 Å². The van der Waals surface area contributed by atoms with Crippen molar-refractivity contribution in [3.8, 4) is 5.75 Å². The molecule has 0 radical (unpaired) electrons. The summed E-state index contributed by atoms with van der Waals surface area (Å²) in [5.74, 6) is -0.372. The van der Waals surface area contributed by atoms with Gasteiger partial charge in [0, 0.05) is 16.2 Å². The fourth-order valence-electron chi connectivity index (χ4n) is 1.35. The molecule has 6 heteroatoms. The zero-order chi connectivity index (χ0) is 13.1. The predicted molar refractivity (Wildman–Crippen MR) is 70.3 cm³/mol. The third-order valence-corrected chi connectivity index (χ3v) is 2.64. The summed E-state index contributed by atoms with van der Waals surface area (Å²) in [6.07, 6.45) is 1.47. The molecule has 0 spiro atoms. The van der Waals surface area contributed by atoms with Crippen LogP contribution in [-0.2, 0) is 0 Å². The molecule has 4 nitrogen and oxygen atoms in total. The lowest BCUT2D eigenvalue weighted by atomic mass is 10.2. The summed E-state index contributed by atoms with van der Waals surface area (Å²) in [5, 5.41) is 12.9. The van der Waals surface area contributed by atoms with Gasteiger partial charge in [0.05, 0.1) is 5.56 Å². The second-order valence-corrected chi connectivity index (χ2v) is 4.35. The van der Waals surface area contributed by atoms with E-state index in [1.54, 1.807) is 6.07 Å². The molecule has 0 saturated carbocycles. The number of aromatic nitrogens is 1. The number of carbonyl (C=O) groups is 1. The first-order chi connectivity index (χ1) is 8.56. The largest absolute Gasteiger partial charge is 0.507 e. The molecule has 0 atom stereocenters. The minimum Gasteiger partial charge on any atom is -0.507 e. The van der Waals surface area contributed by atoms with Crippen LogP contribution in [0.2, 0.25) is 10.0 Å². The highest BCUT2D eigenvalue weighted by Gasteiger charge is 2.12. The molecular weight excluding hydrogens is 275 g/mol. The van der Waals surface area contributed by atoms with Crippen LogP contribution in [0.4, 0.5) is 5.82 Å². The van der Waals surface area contributed by atoms with Gasteiger partial charge in [-0.15, -0.1) is 0 Å². The van der Waals surface area contributed by atoms with Crippen molar-refractivity contribution in [2.45, 2.75) is 0 Å². The normalized spacial score (nSPS) is 10.1. The Morgan fingerprint density at radius 1 is 1.17 bits per heavy atom. The number of carbonyl (C=O) groups excluding carboxylic acids is 1. The van der Waals surface area contributed by atoms with Crippen LogP contribution in [0.3, 0.4) is 0 Å². The molecule has 1 aromatic carbocycles. The number of benzene rings is 1. The van der Waals surface area contributed by atoms with Gasteiger partial charge in [0.1, 0.15) is 11.6 Å². The third-order valence-electron chi connectivity index (χ3n) is 2.17. The van der Waals surface area contributed by atoms with Crippen molar-refractivity contribution in [2.75, 3.05) is 5.32 Å². The first-order valence-corrected chi connectivity index (χ1v) is 5.73. The quantitative estimate of drug-likeness (QED) is 0.888. The first kappa shape index (κ1) is 12.7. The zero-order valence-corrected chi connectivity index (χ0v) is 10.5. The lowest BCUT2D eigenvalue weighted by Gasteiger charge is -2.06. The summed E-state index contributed by atoms with van der Waals surface area (Å²) in [4.78, 5) is 15.8. The van der Waals surface area contributed by atoms with E-state index in [4.69, 9.17) is 23.2 Å². The molecule has 0 aliphatic rings. The van der Waals surface area contributed by atoms with E-state index in [1.165, 1.54) is 30.5 Å². The minimum absolute atomic E-state index is 0.112. The van der Waals surface area contributed by atoms with E-state index in [9.17, 15) is 9.90 Å². The van der Waals surface area contributed by atoms with Gasteiger partial charge in [-0.05, 0) is 30.3 Å². The molecule has 0 aliphatic heterocycles. The van der Waals surface area contributed by atoms with Gasteiger partial charge in [0.15, 0.2) is 0 Å². The molecule has 18 heavy (non-hydrogen) atoms. The Morgan fingerprint density at radius 3 is 2.56 bits per heavy atom. The number of hydrogen-bond acceptors (Lipinski definition) is 3. The molecular formula is C12H8Cl2N2O2. The highest BCUT2D eigenvalue weighted by Crippen LogP contribution is 2.23. The average molecular weight is 283 g/mol. The van der Waals surface area contributed by atoms with E-state index in [0.717, 1.165) is 0 Å². The van der Waals surface area contributed by atoms with Crippen LogP contribution in [0.1, 0.15) is 10.4 Å². The van der Waals surface area contributed by atoms with Gasteiger partial charge in [-0.3, -0.25) is 4.79 Å². The topological polar surface area (TPSA) is 62.2 Å². The van der Waals surface area contributed by atoms with Crippen LogP contribution >= 0.6 is 23.2 Å². The Bertz CT molecular complexity index is 602. The third kappa shape index (κ3) is 2.91. The van der Waals surface area contributed by atoms with E-state index in [1.807, 2.05) is 0 Å².